The zero-order valence-corrected chi connectivity index (χ0v) is 10.8. The number of hydrogen-bond acceptors (Lipinski definition) is 3. The Morgan fingerprint density at radius 3 is 3.06 bits per heavy atom. The first kappa shape index (κ1) is 12.9. The molecule has 0 bridgehead atoms. The third-order valence-electron chi connectivity index (χ3n) is 2.89. The summed E-state index contributed by atoms with van der Waals surface area (Å²) in [4.78, 5) is 13.5. The van der Waals surface area contributed by atoms with Crippen molar-refractivity contribution in [2.24, 2.45) is 5.92 Å². The van der Waals surface area contributed by atoms with Gasteiger partial charge in [-0.3, -0.25) is 4.68 Å². The summed E-state index contributed by atoms with van der Waals surface area (Å²) in [6.07, 6.45) is 3.73. The molecule has 1 atom stereocenters. The fraction of sp³-hybridized carbons (Fsp3) is 0.667. The summed E-state index contributed by atoms with van der Waals surface area (Å²) in [7, 11) is 0. The number of aliphatic hydroxyl groups is 1. The summed E-state index contributed by atoms with van der Waals surface area (Å²) < 4.78 is 1.82. The zero-order valence-electron chi connectivity index (χ0n) is 10.8. The van der Waals surface area contributed by atoms with Crippen molar-refractivity contribution in [2.45, 2.75) is 32.9 Å². The van der Waals surface area contributed by atoms with Crippen LogP contribution in [0.1, 0.15) is 20.3 Å². The second kappa shape index (κ2) is 5.39. The molecule has 0 aliphatic carbocycles. The van der Waals surface area contributed by atoms with Gasteiger partial charge in [0.05, 0.1) is 18.0 Å². The Labute approximate surface area is 107 Å². The summed E-state index contributed by atoms with van der Waals surface area (Å²) in [5.41, 5.74) is 0.696. The van der Waals surface area contributed by atoms with Crippen molar-refractivity contribution in [3.8, 4) is 0 Å². The van der Waals surface area contributed by atoms with Gasteiger partial charge in [-0.1, -0.05) is 13.8 Å². The highest BCUT2D eigenvalue weighted by atomic mass is 16.3. The van der Waals surface area contributed by atoms with Gasteiger partial charge in [0.25, 0.3) is 0 Å². The number of anilines is 1. The van der Waals surface area contributed by atoms with Gasteiger partial charge in [-0.05, 0) is 12.3 Å². The molecule has 2 rings (SSSR count). The molecule has 6 nitrogen and oxygen atoms in total. The predicted octanol–water partition coefficient (Wildman–Crippen LogP) is 1.14. The lowest BCUT2D eigenvalue weighted by Gasteiger charge is -2.15. The van der Waals surface area contributed by atoms with Crippen molar-refractivity contribution in [1.29, 1.82) is 0 Å². The summed E-state index contributed by atoms with van der Waals surface area (Å²) in [5, 5.41) is 16.4. The fourth-order valence-corrected chi connectivity index (χ4v) is 2.03. The van der Waals surface area contributed by atoms with E-state index in [1.54, 1.807) is 11.1 Å². The Balaban J connectivity index is 1.89. The molecular formula is C12H20N4O2. The first-order valence-electron chi connectivity index (χ1n) is 6.31. The van der Waals surface area contributed by atoms with Gasteiger partial charge in [-0.25, -0.2) is 4.79 Å². The molecule has 0 spiro atoms. The van der Waals surface area contributed by atoms with Crippen LogP contribution >= 0.6 is 0 Å². The lowest BCUT2D eigenvalue weighted by Crippen LogP contribution is -2.33. The number of rotatable bonds is 3. The number of nitrogens with one attached hydrogen (secondary N) is 1. The van der Waals surface area contributed by atoms with Crippen LogP contribution in [-0.2, 0) is 6.54 Å². The molecule has 6 heteroatoms. The number of aliphatic hydroxyl groups excluding tert-OH is 1. The molecule has 1 fully saturated rings. The number of carbonyl (C=O) groups excluding carboxylic acids is 1. The Kier molecular flexibility index (Phi) is 3.86. The van der Waals surface area contributed by atoms with Gasteiger partial charge in [-0.2, -0.15) is 5.10 Å². The highest BCUT2D eigenvalue weighted by molar-refractivity contribution is 5.89. The number of carbonyl (C=O) groups is 1. The molecule has 0 radical (unpaired) electrons. The predicted molar refractivity (Wildman–Crippen MR) is 68.3 cm³/mol. The number of urea groups is 1. The molecule has 1 aliphatic heterocycles. The highest BCUT2D eigenvalue weighted by Crippen LogP contribution is 2.12. The summed E-state index contributed by atoms with van der Waals surface area (Å²) in [6, 6.07) is -0.171. The normalized spacial score (nSPS) is 19.6. The van der Waals surface area contributed by atoms with Gasteiger partial charge < -0.3 is 15.3 Å². The van der Waals surface area contributed by atoms with Gasteiger partial charge in [0.1, 0.15) is 0 Å². The van der Waals surface area contributed by atoms with E-state index in [1.807, 2.05) is 10.9 Å². The summed E-state index contributed by atoms with van der Waals surface area (Å²) in [6.45, 7) is 6.08. The molecule has 100 valence electrons. The number of hydrogen-bond donors (Lipinski definition) is 2. The first-order valence-corrected chi connectivity index (χ1v) is 6.31. The van der Waals surface area contributed by atoms with Gasteiger partial charge in [0.2, 0.25) is 0 Å². The maximum Gasteiger partial charge on any atom is 0.322 e. The molecular weight excluding hydrogens is 232 g/mol. The lowest BCUT2D eigenvalue weighted by atomic mass is 10.2. The van der Waals surface area contributed by atoms with Crippen LogP contribution in [0.4, 0.5) is 10.5 Å². The second-order valence-electron chi connectivity index (χ2n) is 5.16. The van der Waals surface area contributed by atoms with Crippen LogP contribution in [0.25, 0.3) is 0 Å². The van der Waals surface area contributed by atoms with Crippen LogP contribution in [0.5, 0.6) is 0 Å². The van der Waals surface area contributed by atoms with E-state index in [1.165, 1.54) is 0 Å². The van der Waals surface area contributed by atoms with Crippen molar-refractivity contribution in [3.05, 3.63) is 12.4 Å². The summed E-state index contributed by atoms with van der Waals surface area (Å²) >= 11 is 0. The molecule has 2 amide bonds. The molecule has 1 aromatic heterocycles. The Bertz CT molecular complexity index is 416. The van der Waals surface area contributed by atoms with Crippen molar-refractivity contribution in [3.63, 3.8) is 0 Å². The minimum absolute atomic E-state index is 0.171. The third-order valence-corrected chi connectivity index (χ3v) is 2.89. The lowest BCUT2D eigenvalue weighted by molar-refractivity contribution is 0.176. The highest BCUT2D eigenvalue weighted by Gasteiger charge is 2.24. The molecule has 0 saturated carbocycles. The van der Waals surface area contributed by atoms with E-state index in [9.17, 15) is 9.90 Å². The molecule has 1 saturated heterocycles. The maximum atomic E-state index is 11.9. The Morgan fingerprint density at radius 2 is 2.44 bits per heavy atom. The van der Waals surface area contributed by atoms with Crippen molar-refractivity contribution in [2.75, 3.05) is 18.4 Å². The second-order valence-corrected chi connectivity index (χ2v) is 5.16. The standard InChI is InChI=1S/C12H20N4O2/c1-9(2)6-16-7-10(5-13-16)14-12(18)15-4-3-11(17)8-15/h5,7,9,11,17H,3-4,6,8H2,1-2H3,(H,14,18)/t11-/m0/s1. The van der Waals surface area contributed by atoms with Gasteiger partial charge >= 0.3 is 6.03 Å². The Hall–Kier alpha value is -1.56. The largest absolute Gasteiger partial charge is 0.391 e. The topological polar surface area (TPSA) is 70.4 Å². The van der Waals surface area contributed by atoms with Crippen molar-refractivity contribution >= 4 is 11.7 Å². The van der Waals surface area contributed by atoms with Crippen molar-refractivity contribution in [1.82, 2.24) is 14.7 Å². The minimum Gasteiger partial charge on any atom is -0.391 e. The zero-order chi connectivity index (χ0) is 13.1. The number of β-amino-alcohol motifs (C(OH)–C–C–N with tert-alkyl or cyclic N) is 1. The SMILES string of the molecule is CC(C)Cn1cc(NC(=O)N2CC[C@H](O)C2)cn1. The number of nitrogens with zero attached hydrogens (tertiary/aromatic N) is 3. The molecule has 0 unspecified atom stereocenters. The van der Waals surface area contributed by atoms with E-state index in [0.29, 0.717) is 31.1 Å². The van der Waals surface area contributed by atoms with Crippen LogP contribution in [0, 0.1) is 5.92 Å². The summed E-state index contributed by atoms with van der Waals surface area (Å²) in [5.74, 6) is 0.516. The van der Waals surface area contributed by atoms with Crippen molar-refractivity contribution < 1.29 is 9.90 Å². The van der Waals surface area contributed by atoms with E-state index in [-0.39, 0.29) is 12.1 Å². The third kappa shape index (κ3) is 3.22. The first-order chi connectivity index (χ1) is 8.54. The van der Waals surface area contributed by atoms with Crippen LogP contribution in [0.15, 0.2) is 12.4 Å². The quantitative estimate of drug-likeness (QED) is 0.847. The Morgan fingerprint density at radius 1 is 1.67 bits per heavy atom. The molecule has 1 aromatic rings. The van der Waals surface area contributed by atoms with E-state index >= 15 is 0 Å². The fourth-order valence-electron chi connectivity index (χ4n) is 2.03. The van der Waals surface area contributed by atoms with Gasteiger partial charge in [0.15, 0.2) is 0 Å². The van der Waals surface area contributed by atoms with E-state index in [2.05, 4.69) is 24.3 Å². The average Bonchev–Trinajstić information content (AvgIpc) is 2.87. The number of likely N-dealkylation sites (tertiary alicyclic amines) is 1. The minimum atomic E-state index is -0.389. The van der Waals surface area contributed by atoms with Gasteiger partial charge in [-0.15, -0.1) is 0 Å². The van der Waals surface area contributed by atoms with Crippen LogP contribution in [-0.4, -0.2) is 45.0 Å². The van der Waals surface area contributed by atoms with Crippen LogP contribution in [0.3, 0.4) is 0 Å². The molecule has 2 heterocycles. The van der Waals surface area contributed by atoms with Gasteiger partial charge in [0, 0.05) is 25.8 Å². The van der Waals surface area contributed by atoms with Crippen LogP contribution < -0.4 is 5.32 Å². The molecule has 1 aliphatic rings. The van der Waals surface area contributed by atoms with E-state index in [4.69, 9.17) is 0 Å². The van der Waals surface area contributed by atoms with E-state index < -0.39 is 0 Å². The number of amides is 2. The molecule has 0 aromatic carbocycles. The van der Waals surface area contributed by atoms with Crippen LogP contribution in [0.2, 0.25) is 0 Å². The molecule has 18 heavy (non-hydrogen) atoms. The number of aromatic nitrogens is 2. The maximum absolute atomic E-state index is 11.9. The average molecular weight is 252 g/mol. The monoisotopic (exact) mass is 252 g/mol. The smallest absolute Gasteiger partial charge is 0.322 e. The van der Waals surface area contributed by atoms with E-state index in [0.717, 1.165) is 6.54 Å². The molecule has 2 N–H and O–H groups in total.